The number of aliphatic hydroxyl groups is 11. The summed E-state index contributed by atoms with van der Waals surface area (Å²) in [6.45, 7) is 1.64. The molecule has 528 valence electrons. The second-order valence-corrected chi connectivity index (χ2v) is 24.6. The van der Waals surface area contributed by atoms with Gasteiger partial charge in [-0.05, 0) is 77.0 Å². The van der Waals surface area contributed by atoms with Gasteiger partial charge in [0, 0.05) is 6.42 Å². The lowest BCUT2D eigenvalue weighted by atomic mass is 9.96. The van der Waals surface area contributed by atoms with Crippen LogP contribution in [-0.2, 0) is 33.2 Å². The first-order chi connectivity index (χ1) is 44.8. The normalized spacial score (nSPS) is 28.4. The van der Waals surface area contributed by atoms with Crippen LogP contribution in [0.1, 0.15) is 213 Å². The van der Waals surface area contributed by atoms with Gasteiger partial charge in [-0.3, -0.25) is 4.79 Å². The fourth-order valence-electron chi connectivity index (χ4n) is 11.2. The minimum atomic E-state index is -1.98. The van der Waals surface area contributed by atoms with Crippen LogP contribution in [0.4, 0.5) is 0 Å². The summed E-state index contributed by atoms with van der Waals surface area (Å²) in [5.41, 5.74) is 0. The molecule has 17 atom stereocenters. The minimum Gasteiger partial charge on any atom is -0.394 e. The van der Waals surface area contributed by atoms with Crippen LogP contribution in [0.3, 0.4) is 0 Å². The summed E-state index contributed by atoms with van der Waals surface area (Å²) in [5, 5.41) is 121. The van der Waals surface area contributed by atoms with E-state index in [-0.39, 0.29) is 18.9 Å². The smallest absolute Gasteiger partial charge is 0.220 e. The van der Waals surface area contributed by atoms with Crippen LogP contribution in [-0.4, -0.2) is 193 Å². The van der Waals surface area contributed by atoms with E-state index in [4.69, 9.17) is 28.4 Å². The Morgan fingerprint density at radius 2 is 0.739 bits per heavy atom. The van der Waals surface area contributed by atoms with E-state index in [9.17, 15) is 61.0 Å². The number of nitrogens with one attached hydrogen (secondary N) is 1. The molecule has 0 radical (unpaired) electrons. The number of carbonyl (C=O) groups is 1. The predicted octanol–water partition coefficient (Wildman–Crippen LogP) is 9.44. The molecule has 0 spiro atoms. The SMILES string of the molecule is CC/C=C\C/C=C\C/C=C\C/C=C\C/C=C\C/C=C\C/C=C\C/C=C\C/C=C\CCCC(=O)NC(COC1OC(CO)C(OC2OC(CO)C(OC3OC(CO)C(O)C(O)C3O)C(O)C2O)C(O)C1O)C(O)CCCCCCCCCCCCCCCCCCCC. The number of unbranched alkanes of at least 4 members (excludes halogenated alkanes) is 18. The van der Waals surface area contributed by atoms with Crippen LogP contribution in [0.5, 0.6) is 0 Å². The van der Waals surface area contributed by atoms with E-state index in [2.05, 4.69) is 122 Å². The maximum absolute atomic E-state index is 13.4. The lowest BCUT2D eigenvalue weighted by molar-refractivity contribution is -0.379. The highest BCUT2D eigenvalue weighted by Gasteiger charge is 2.53. The molecule has 3 aliphatic heterocycles. The van der Waals surface area contributed by atoms with Gasteiger partial charge < -0.3 is 89.9 Å². The summed E-state index contributed by atoms with van der Waals surface area (Å²) in [7, 11) is 0. The van der Waals surface area contributed by atoms with Crippen molar-refractivity contribution >= 4 is 5.91 Å². The Balaban J connectivity index is 1.45. The topological polar surface area (TPSA) is 307 Å². The van der Waals surface area contributed by atoms with E-state index < -0.39 is 124 Å². The number of hydrogen-bond acceptors (Lipinski definition) is 18. The molecule has 92 heavy (non-hydrogen) atoms. The first kappa shape index (κ1) is 82.7. The monoisotopic (exact) mass is 1300 g/mol. The fraction of sp³-hybridized carbons (Fsp3) is 0.740. The Bertz CT molecular complexity index is 2090. The van der Waals surface area contributed by atoms with Crippen LogP contribution in [0.25, 0.3) is 0 Å². The van der Waals surface area contributed by atoms with Crippen LogP contribution in [0.2, 0.25) is 0 Å². The molecule has 19 heteroatoms. The van der Waals surface area contributed by atoms with Gasteiger partial charge in [-0.2, -0.15) is 0 Å². The molecule has 17 unspecified atom stereocenters. The summed E-state index contributed by atoms with van der Waals surface area (Å²) in [5.74, 6) is -0.304. The van der Waals surface area contributed by atoms with Crippen LogP contribution in [0.15, 0.2) is 109 Å². The third kappa shape index (κ3) is 34.9. The molecule has 0 aromatic heterocycles. The molecule has 19 nitrogen and oxygen atoms in total. The maximum atomic E-state index is 13.4. The lowest BCUT2D eigenvalue weighted by Crippen LogP contribution is -2.66. The van der Waals surface area contributed by atoms with Crippen molar-refractivity contribution in [3.8, 4) is 0 Å². The second-order valence-electron chi connectivity index (χ2n) is 24.6. The molecule has 0 bridgehead atoms. The first-order valence-electron chi connectivity index (χ1n) is 35.1. The van der Waals surface area contributed by atoms with Gasteiger partial charge in [0.05, 0.1) is 38.6 Å². The van der Waals surface area contributed by atoms with Crippen molar-refractivity contribution in [3.63, 3.8) is 0 Å². The highest BCUT2D eigenvalue weighted by Crippen LogP contribution is 2.33. The van der Waals surface area contributed by atoms with E-state index in [0.29, 0.717) is 25.7 Å². The molecule has 3 fully saturated rings. The molecular weight excluding hydrogens is 1180 g/mol. The number of ether oxygens (including phenoxy) is 6. The van der Waals surface area contributed by atoms with E-state index in [1.807, 2.05) is 6.08 Å². The van der Waals surface area contributed by atoms with Crippen molar-refractivity contribution in [2.24, 2.45) is 0 Å². The molecular formula is C73H123NO18. The summed E-state index contributed by atoms with van der Waals surface area (Å²) in [6.07, 6.45) is 44.5. The van der Waals surface area contributed by atoms with Gasteiger partial charge in [0.25, 0.3) is 0 Å². The van der Waals surface area contributed by atoms with E-state index in [1.54, 1.807) is 0 Å². The predicted molar refractivity (Wildman–Crippen MR) is 360 cm³/mol. The molecule has 0 saturated carbocycles. The van der Waals surface area contributed by atoms with Gasteiger partial charge in [-0.1, -0.05) is 239 Å². The number of allylic oxidation sites excluding steroid dienone is 18. The maximum Gasteiger partial charge on any atom is 0.220 e. The third-order valence-electron chi connectivity index (χ3n) is 16.9. The standard InChI is InChI=1S/C73H123NO18/c1-3-5-7-9-11-13-15-17-19-21-23-24-25-26-27-28-29-30-31-32-33-35-37-39-41-43-45-47-49-51-61(79)74-56(57(78)50-48-46-44-42-40-38-36-34-22-20-18-16-14-12-10-8-6-4-2)55-87-71-67(85)64(82)69(59(53-76)89-71)92-73-68(86)65(83)70(60(54-77)90-73)91-72-66(84)63(81)62(80)58(52-75)88-72/h5,7,11,13,17,19,23-24,26-27,29-30,32-33,37,39,43,45,56-60,62-73,75-78,80-86H,3-4,6,8-10,12,14-16,18,20-22,25,28,31,34-36,38,40-42,44,46-55H2,1-2H3,(H,74,79)/b7-5-,13-11-,19-17-,24-23-,27-26-,30-29-,33-32-,39-37-,45-43-. The van der Waals surface area contributed by atoms with Crippen molar-refractivity contribution in [1.82, 2.24) is 5.32 Å². The number of hydrogen-bond donors (Lipinski definition) is 12. The highest BCUT2D eigenvalue weighted by molar-refractivity contribution is 5.76. The number of amides is 1. The fourth-order valence-corrected chi connectivity index (χ4v) is 11.2. The van der Waals surface area contributed by atoms with Gasteiger partial charge >= 0.3 is 0 Å². The van der Waals surface area contributed by atoms with E-state index in [1.165, 1.54) is 89.9 Å². The molecule has 3 saturated heterocycles. The lowest BCUT2D eigenvalue weighted by Gasteiger charge is -2.48. The average Bonchev–Trinajstić information content (AvgIpc) is 0.834. The van der Waals surface area contributed by atoms with Gasteiger partial charge in [0.1, 0.15) is 73.2 Å². The molecule has 0 aliphatic carbocycles. The van der Waals surface area contributed by atoms with E-state index in [0.717, 1.165) is 77.0 Å². The van der Waals surface area contributed by atoms with Crippen LogP contribution < -0.4 is 5.32 Å². The zero-order chi connectivity index (χ0) is 66.8. The summed E-state index contributed by atoms with van der Waals surface area (Å²) in [4.78, 5) is 13.4. The van der Waals surface area contributed by atoms with Crippen molar-refractivity contribution in [3.05, 3.63) is 109 Å². The van der Waals surface area contributed by atoms with Gasteiger partial charge in [0.2, 0.25) is 5.91 Å². The van der Waals surface area contributed by atoms with Crippen molar-refractivity contribution in [2.75, 3.05) is 26.4 Å². The van der Waals surface area contributed by atoms with Crippen LogP contribution in [0, 0.1) is 0 Å². The quantitative estimate of drug-likeness (QED) is 0.0199. The molecule has 0 aromatic rings. The molecule has 3 rings (SSSR count). The highest BCUT2D eigenvalue weighted by atomic mass is 16.8. The Labute approximate surface area is 551 Å². The first-order valence-corrected chi connectivity index (χ1v) is 35.1. The summed E-state index contributed by atoms with van der Waals surface area (Å²) in [6, 6.07) is -0.927. The second kappa shape index (κ2) is 53.6. The van der Waals surface area contributed by atoms with Crippen molar-refractivity contribution < 1.29 is 89.4 Å². The summed E-state index contributed by atoms with van der Waals surface area (Å²) < 4.78 is 34.4. The third-order valence-corrected chi connectivity index (χ3v) is 16.9. The number of rotatable bonds is 52. The Morgan fingerprint density at radius 1 is 0.402 bits per heavy atom. The molecule has 1 amide bonds. The van der Waals surface area contributed by atoms with Gasteiger partial charge in [-0.15, -0.1) is 0 Å². The Hall–Kier alpha value is -3.55. The minimum absolute atomic E-state index is 0.179. The van der Waals surface area contributed by atoms with Gasteiger partial charge in [-0.25, -0.2) is 0 Å². The largest absolute Gasteiger partial charge is 0.394 e. The van der Waals surface area contributed by atoms with Gasteiger partial charge in [0.15, 0.2) is 18.9 Å². The average molecular weight is 1300 g/mol. The zero-order valence-corrected chi connectivity index (χ0v) is 55.7. The Morgan fingerprint density at radius 3 is 1.13 bits per heavy atom. The number of carbonyl (C=O) groups excluding carboxylic acids is 1. The zero-order valence-electron chi connectivity index (χ0n) is 55.7. The number of aliphatic hydroxyl groups excluding tert-OH is 11. The molecule has 0 aromatic carbocycles. The molecule has 12 N–H and O–H groups in total. The van der Waals surface area contributed by atoms with Crippen LogP contribution >= 0.6 is 0 Å². The van der Waals surface area contributed by atoms with Crippen molar-refractivity contribution in [1.29, 1.82) is 0 Å². The molecule has 3 heterocycles. The molecule has 3 aliphatic rings. The summed E-state index contributed by atoms with van der Waals surface area (Å²) >= 11 is 0. The van der Waals surface area contributed by atoms with Crippen molar-refractivity contribution in [2.45, 2.75) is 317 Å². The Kier molecular flexibility index (Phi) is 48.1. The van der Waals surface area contributed by atoms with E-state index >= 15 is 0 Å².